The minimum absolute atomic E-state index is 0.0220. The van der Waals surface area contributed by atoms with E-state index in [4.69, 9.17) is 10.8 Å². The number of aliphatic carboxylic acids is 1. The Bertz CT molecular complexity index is 326. The number of carboxylic acids is 1. The van der Waals surface area contributed by atoms with Gasteiger partial charge in [-0.2, -0.15) is 0 Å². The largest absolute Gasteiger partial charge is 0.481 e. The lowest BCUT2D eigenvalue weighted by Crippen LogP contribution is -2.46. The predicted octanol–water partition coefficient (Wildman–Crippen LogP) is 2.15. The first-order valence-corrected chi connectivity index (χ1v) is 6.65. The van der Waals surface area contributed by atoms with E-state index in [9.17, 15) is 13.6 Å². The molecule has 0 amide bonds. The summed E-state index contributed by atoms with van der Waals surface area (Å²) in [6.45, 7) is -0.414. The highest BCUT2D eigenvalue weighted by molar-refractivity contribution is 5.68. The molecule has 0 spiro atoms. The van der Waals surface area contributed by atoms with E-state index in [2.05, 4.69) is 0 Å². The normalized spacial score (nSPS) is 43.7. The van der Waals surface area contributed by atoms with Crippen LogP contribution < -0.4 is 5.73 Å². The Hall–Kier alpha value is -0.710. The van der Waals surface area contributed by atoms with Crippen molar-refractivity contribution in [3.63, 3.8) is 0 Å². The van der Waals surface area contributed by atoms with Crippen molar-refractivity contribution in [2.45, 2.75) is 38.3 Å². The first kappa shape index (κ1) is 13.7. The molecule has 2 fully saturated rings. The average molecular weight is 261 g/mol. The summed E-state index contributed by atoms with van der Waals surface area (Å²) in [7, 11) is 0. The van der Waals surface area contributed by atoms with Crippen molar-refractivity contribution >= 4 is 5.97 Å². The summed E-state index contributed by atoms with van der Waals surface area (Å²) in [4.78, 5) is 11.1. The van der Waals surface area contributed by atoms with Gasteiger partial charge in [-0.05, 0) is 50.0 Å². The lowest BCUT2D eigenvalue weighted by Gasteiger charge is -2.42. The van der Waals surface area contributed by atoms with Crippen LogP contribution in [0.25, 0.3) is 0 Å². The van der Waals surface area contributed by atoms with Gasteiger partial charge in [0.1, 0.15) is 6.17 Å². The number of alkyl halides is 2. The van der Waals surface area contributed by atoms with Crippen LogP contribution in [0.2, 0.25) is 0 Å². The SMILES string of the molecule is NC[C@@]1(CC(=O)O)C(CF)CCC2C[C@H]1C[C@H]2F. The zero-order valence-corrected chi connectivity index (χ0v) is 10.4. The molecule has 18 heavy (non-hydrogen) atoms. The van der Waals surface area contributed by atoms with Crippen molar-refractivity contribution in [2.75, 3.05) is 13.2 Å². The maximum atomic E-state index is 13.8. The Morgan fingerprint density at radius 1 is 1.39 bits per heavy atom. The van der Waals surface area contributed by atoms with Crippen LogP contribution in [0.3, 0.4) is 0 Å². The molecule has 3 nitrogen and oxygen atoms in total. The monoisotopic (exact) mass is 261 g/mol. The number of carbonyl (C=O) groups is 1. The second-order valence-electron chi connectivity index (χ2n) is 5.88. The minimum atomic E-state index is -0.959. The summed E-state index contributed by atoms with van der Waals surface area (Å²) in [5, 5.41) is 9.09. The first-order valence-electron chi connectivity index (χ1n) is 6.65. The number of halogens is 2. The molecule has 2 aliphatic rings. The topological polar surface area (TPSA) is 63.3 Å². The Morgan fingerprint density at radius 3 is 2.67 bits per heavy atom. The third-order valence-corrected chi connectivity index (χ3v) is 5.17. The Balaban J connectivity index is 2.32. The Kier molecular flexibility index (Phi) is 3.90. The van der Waals surface area contributed by atoms with Gasteiger partial charge in [-0.25, -0.2) is 4.39 Å². The maximum absolute atomic E-state index is 13.8. The Morgan fingerprint density at radius 2 is 2.11 bits per heavy atom. The maximum Gasteiger partial charge on any atom is 0.303 e. The van der Waals surface area contributed by atoms with Crippen LogP contribution in [0.1, 0.15) is 32.1 Å². The third kappa shape index (κ3) is 2.13. The number of hydrogen-bond donors (Lipinski definition) is 2. The molecule has 0 aliphatic heterocycles. The number of rotatable bonds is 4. The summed E-state index contributed by atoms with van der Waals surface area (Å²) in [5.74, 6) is -1.39. The molecule has 0 aromatic heterocycles. The van der Waals surface area contributed by atoms with E-state index in [-0.39, 0.29) is 30.7 Å². The van der Waals surface area contributed by atoms with E-state index in [1.54, 1.807) is 0 Å². The fourth-order valence-corrected chi connectivity index (χ4v) is 4.08. The molecular weight excluding hydrogens is 240 g/mol. The summed E-state index contributed by atoms with van der Waals surface area (Å²) >= 11 is 0. The molecule has 5 heteroatoms. The predicted molar refractivity (Wildman–Crippen MR) is 63.5 cm³/mol. The lowest BCUT2D eigenvalue weighted by atomic mass is 9.63. The molecule has 0 heterocycles. The van der Waals surface area contributed by atoms with Gasteiger partial charge in [0.25, 0.3) is 0 Å². The fraction of sp³-hybridized carbons (Fsp3) is 0.923. The van der Waals surface area contributed by atoms with Gasteiger partial charge in [-0.15, -0.1) is 0 Å². The van der Waals surface area contributed by atoms with Crippen molar-refractivity contribution < 1.29 is 18.7 Å². The van der Waals surface area contributed by atoms with Crippen LogP contribution in [0.15, 0.2) is 0 Å². The van der Waals surface area contributed by atoms with Crippen LogP contribution in [0.4, 0.5) is 8.78 Å². The number of fused-ring (bicyclic) bond motifs is 2. The van der Waals surface area contributed by atoms with Crippen molar-refractivity contribution in [1.82, 2.24) is 0 Å². The van der Waals surface area contributed by atoms with Gasteiger partial charge < -0.3 is 10.8 Å². The molecule has 2 unspecified atom stereocenters. The van der Waals surface area contributed by atoms with E-state index in [0.717, 1.165) is 0 Å². The van der Waals surface area contributed by atoms with Crippen molar-refractivity contribution in [3.05, 3.63) is 0 Å². The van der Waals surface area contributed by atoms with Crippen molar-refractivity contribution in [2.24, 2.45) is 28.9 Å². The highest BCUT2D eigenvalue weighted by Gasteiger charge is 2.53. The first-order chi connectivity index (χ1) is 8.53. The summed E-state index contributed by atoms with van der Waals surface area (Å²) in [6, 6.07) is 0. The van der Waals surface area contributed by atoms with Crippen LogP contribution in [-0.2, 0) is 4.79 Å². The average Bonchev–Trinajstić information content (AvgIpc) is 2.61. The molecule has 0 aromatic rings. The Labute approximate surface area is 106 Å². The summed E-state index contributed by atoms with van der Waals surface area (Å²) < 4.78 is 27.1. The highest BCUT2D eigenvalue weighted by atomic mass is 19.1. The smallest absolute Gasteiger partial charge is 0.303 e. The fourth-order valence-electron chi connectivity index (χ4n) is 4.08. The lowest BCUT2D eigenvalue weighted by molar-refractivity contribution is -0.142. The van der Waals surface area contributed by atoms with Gasteiger partial charge in [0.15, 0.2) is 0 Å². The standard InChI is InChI=1S/C13H21F2NO2/c14-6-9-2-1-8-3-10(4-11(8)15)13(9,7-16)5-12(17)18/h8-11H,1-7,16H2,(H,17,18)/t8?,9?,10-,11+,13-/m0/s1. The highest BCUT2D eigenvalue weighted by Crippen LogP contribution is 2.55. The number of carboxylic acid groups (broad SMARTS) is 1. The van der Waals surface area contributed by atoms with Gasteiger partial charge in [0.05, 0.1) is 13.1 Å². The van der Waals surface area contributed by atoms with E-state index in [0.29, 0.717) is 25.7 Å². The van der Waals surface area contributed by atoms with Crippen LogP contribution >= 0.6 is 0 Å². The molecule has 2 aliphatic carbocycles. The second-order valence-corrected chi connectivity index (χ2v) is 5.88. The van der Waals surface area contributed by atoms with Gasteiger partial charge in [-0.1, -0.05) is 0 Å². The zero-order valence-electron chi connectivity index (χ0n) is 10.4. The molecule has 104 valence electrons. The van der Waals surface area contributed by atoms with E-state index in [1.165, 1.54) is 0 Å². The van der Waals surface area contributed by atoms with Crippen LogP contribution in [-0.4, -0.2) is 30.5 Å². The molecule has 0 aromatic carbocycles. The van der Waals surface area contributed by atoms with Crippen molar-refractivity contribution in [3.8, 4) is 0 Å². The number of nitrogens with two attached hydrogens (primary N) is 1. The molecule has 0 saturated heterocycles. The van der Waals surface area contributed by atoms with Crippen LogP contribution in [0, 0.1) is 23.2 Å². The van der Waals surface area contributed by atoms with Gasteiger partial charge >= 0.3 is 5.97 Å². The quantitative estimate of drug-likeness (QED) is 0.815. The second kappa shape index (κ2) is 5.11. The van der Waals surface area contributed by atoms with Crippen LogP contribution in [0.5, 0.6) is 0 Å². The summed E-state index contributed by atoms with van der Waals surface area (Å²) in [5.41, 5.74) is 5.05. The van der Waals surface area contributed by atoms with E-state index >= 15 is 0 Å². The molecule has 3 N–H and O–H groups in total. The van der Waals surface area contributed by atoms with Crippen molar-refractivity contribution in [1.29, 1.82) is 0 Å². The molecule has 2 rings (SSSR count). The molecule has 2 bridgehead atoms. The molecular formula is C13H21F2NO2. The van der Waals surface area contributed by atoms with Gasteiger partial charge in [-0.3, -0.25) is 9.18 Å². The van der Waals surface area contributed by atoms with E-state index < -0.39 is 24.2 Å². The molecule has 5 atom stereocenters. The zero-order chi connectivity index (χ0) is 13.3. The van der Waals surface area contributed by atoms with Gasteiger partial charge in [0.2, 0.25) is 0 Å². The molecule has 2 saturated carbocycles. The molecule has 0 radical (unpaired) electrons. The summed E-state index contributed by atoms with van der Waals surface area (Å²) in [6.07, 6.45) is 1.24. The minimum Gasteiger partial charge on any atom is -0.481 e. The van der Waals surface area contributed by atoms with Gasteiger partial charge in [0, 0.05) is 5.41 Å². The number of hydrogen-bond acceptors (Lipinski definition) is 2. The third-order valence-electron chi connectivity index (χ3n) is 5.17. The van der Waals surface area contributed by atoms with E-state index in [1.807, 2.05) is 0 Å².